The van der Waals surface area contributed by atoms with Gasteiger partial charge in [-0.1, -0.05) is 23.9 Å². The molecule has 0 aliphatic carbocycles. The molecule has 0 bridgehead atoms. The van der Waals surface area contributed by atoms with E-state index in [4.69, 9.17) is 9.47 Å². The summed E-state index contributed by atoms with van der Waals surface area (Å²) in [5.74, 6) is 0.982. The highest BCUT2D eigenvalue weighted by Crippen LogP contribution is 2.33. The Bertz CT molecular complexity index is 930. The minimum atomic E-state index is -0.569. The first kappa shape index (κ1) is 21.7. The number of rotatable bonds is 7. The molecular formula is C22H25N3O4S. The second kappa shape index (κ2) is 10.2. The predicted octanol–water partition coefficient (Wildman–Crippen LogP) is 4.07. The van der Waals surface area contributed by atoms with Crippen molar-refractivity contribution >= 4 is 40.1 Å². The van der Waals surface area contributed by atoms with Crippen LogP contribution in [0.15, 0.2) is 53.5 Å². The number of nitrogens with zero attached hydrogens (tertiary/aromatic N) is 2. The van der Waals surface area contributed by atoms with Crippen molar-refractivity contribution in [3.8, 4) is 11.5 Å². The lowest BCUT2D eigenvalue weighted by atomic mass is 10.2. The van der Waals surface area contributed by atoms with Crippen LogP contribution < -0.4 is 14.8 Å². The summed E-state index contributed by atoms with van der Waals surface area (Å²) in [5, 5.41) is 2.80. The molecule has 158 valence electrons. The third-order valence-electron chi connectivity index (χ3n) is 4.48. The molecule has 1 aliphatic rings. The largest absolute Gasteiger partial charge is 0.494 e. The monoisotopic (exact) mass is 427 g/mol. The van der Waals surface area contributed by atoms with Gasteiger partial charge in [0.15, 0.2) is 5.17 Å². The summed E-state index contributed by atoms with van der Waals surface area (Å²) < 4.78 is 10.8. The average Bonchev–Trinajstić information content (AvgIpc) is 2.75. The van der Waals surface area contributed by atoms with Crippen LogP contribution in [0.4, 0.5) is 11.4 Å². The number of methoxy groups -OCH3 is 1. The van der Waals surface area contributed by atoms with Crippen LogP contribution in [0.25, 0.3) is 0 Å². The van der Waals surface area contributed by atoms with Crippen molar-refractivity contribution in [2.24, 2.45) is 4.99 Å². The maximum Gasteiger partial charge on any atom is 0.238 e. The van der Waals surface area contributed by atoms with Crippen LogP contribution >= 0.6 is 11.8 Å². The lowest BCUT2D eigenvalue weighted by Gasteiger charge is -2.31. The highest BCUT2D eigenvalue weighted by atomic mass is 32.2. The smallest absolute Gasteiger partial charge is 0.238 e. The Kier molecular flexibility index (Phi) is 7.35. The van der Waals surface area contributed by atoms with Crippen LogP contribution in [-0.4, -0.2) is 47.4 Å². The lowest BCUT2D eigenvalue weighted by Crippen LogP contribution is -2.45. The summed E-state index contributed by atoms with van der Waals surface area (Å²) in [4.78, 5) is 31.7. The van der Waals surface area contributed by atoms with Crippen LogP contribution in [0.2, 0.25) is 0 Å². The van der Waals surface area contributed by atoms with Gasteiger partial charge in [-0.05, 0) is 50.2 Å². The van der Waals surface area contributed by atoms with E-state index >= 15 is 0 Å². The van der Waals surface area contributed by atoms with Gasteiger partial charge in [-0.3, -0.25) is 14.5 Å². The van der Waals surface area contributed by atoms with Crippen LogP contribution in [0.5, 0.6) is 11.5 Å². The van der Waals surface area contributed by atoms with Crippen LogP contribution in [-0.2, 0) is 9.59 Å². The second-order valence-corrected chi connectivity index (χ2v) is 7.63. The van der Waals surface area contributed by atoms with E-state index in [1.54, 1.807) is 42.3 Å². The number of benzene rings is 2. The molecule has 3 rings (SSSR count). The Morgan fingerprint density at radius 2 is 1.93 bits per heavy atom. The summed E-state index contributed by atoms with van der Waals surface area (Å²) in [6.07, 6.45) is 0.117. The number of para-hydroxylation sites is 2. The summed E-state index contributed by atoms with van der Waals surface area (Å²) >= 11 is 1.28. The Morgan fingerprint density at radius 1 is 1.20 bits per heavy atom. The Balaban J connectivity index is 1.78. The Labute approximate surface area is 180 Å². The minimum absolute atomic E-state index is 0.117. The number of aliphatic imine (C=N–C) groups is 1. The van der Waals surface area contributed by atoms with Crippen molar-refractivity contribution in [2.75, 3.05) is 25.6 Å². The number of ether oxygens (including phenoxy) is 2. The van der Waals surface area contributed by atoms with Gasteiger partial charge < -0.3 is 14.8 Å². The van der Waals surface area contributed by atoms with Gasteiger partial charge in [-0.15, -0.1) is 0 Å². The SMILES string of the molecule is CCOc1ccc(NC(=O)[C@H]2CC(=O)N(CC)C(=Nc3ccccc3OC)S2)cc1. The molecule has 1 aliphatic heterocycles. The zero-order valence-corrected chi connectivity index (χ0v) is 18.1. The zero-order chi connectivity index (χ0) is 21.5. The number of amidine groups is 1. The normalized spacial score (nSPS) is 17.7. The summed E-state index contributed by atoms with van der Waals surface area (Å²) in [6.45, 7) is 4.86. The van der Waals surface area contributed by atoms with Crippen LogP contribution in [0, 0.1) is 0 Å². The van der Waals surface area contributed by atoms with Crippen LogP contribution in [0.3, 0.4) is 0 Å². The van der Waals surface area contributed by atoms with Crippen molar-refractivity contribution < 1.29 is 19.1 Å². The molecule has 0 spiro atoms. The van der Waals surface area contributed by atoms with Gasteiger partial charge in [0.25, 0.3) is 0 Å². The fourth-order valence-electron chi connectivity index (χ4n) is 3.00. The van der Waals surface area contributed by atoms with Gasteiger partial charge in [0.1, 0.15) is 22.4 Å². The van der Waals surface area contributed by atoms with Gasteiger partial charge >= 0.3 is 0 Å². The van der Waals surface area contributed by atoms with E-state index in [2.05, 4.69) is 10.3 Å². The molecule has 30 heavy (non-hydrogen) atoms. The number of hydrogen-bond donors (Lipinski definition) is 1. The van der Waals surface area contributed by atoms with Gasteiger partial charge in [-0.2, -0.15) is 0 Å². The third kappa shape index (κ3) is 5.13. The standard InChI is InChI=1S/C22H25N3O4S/c1-4-25-20(26)14-19(21(27)23-15-10-12-16(13-11-15)29-5-2)30-22(25)24-17-8-6-7-9-18(17)28-3/h6-13,19H,4-5,14H2,1-3H3,(H,23,27)/t19-/m1/s1. The molecule has 1 atom stereocenters. The van der Waals surface area contributed by atoms with E-state index in [1.807, 2.05) is 32.0 Å². The number of carbonyl (C=O) groups excluding carboxylic acids is 2. The molecule has 7 nitrogen and oxygen atoms in total. The molecule has 0 aromatic heterocycles. The molecule has 2 amide bonds. The number of amides is 2. The third-order valence-corrected chi connectivity index (χ3v) is 5.67. The summed E-state index contributed by atoms with van der Waals surface area (Å²) in [7, 11) is 1.57. The molecule has 1 N–H and O–H groups in total. The van der Waals surface area contributed by atoms with E-state index in [-0.39, 0.29) is 18.2 Å². The lowest BCUT2D eigenvalue weighted by molar-refractivity contribution is -0.129. The van der Waals surface area contributed by atoms with E-state index in [1.165, 1.54) is 11.8 Å². The first-order valence-corrected chi connectivity index (χ1v) is 10.7. The molecular weight excluding hydrogens is 402 g/mol. The molecule has 1 fully saturated rings. The molecule has 0 radical (unpaired) electrons. The fourth-order valence-corrected chi connectivity index (χ4v) is 4.16. The van der Waals surface area contributed by atoms with Crippen molar-refractivity contribution in [3.63, 3.8) is 0 Å². The zero-order valence-electron chi connectivity index (χ0n) is 17.3. The van der Waals surface area contributed by atoms with E-state index < -0.39 is 5.25 Å². The van der Waals surface area contributed by atoms with Gasteiger partial charge in [0, 0.05) is 18.7 Å². The van der Waals surface area contributed by atoms with Crippen LogP contribution in [0.1, 0.15) is 20.3 Å². The molecule has 2 aromatic carbocycles. The Hall–Kier alpha value is -3.00. The van der Waals surface area contributed by atoms with E-state index in [0.717, 1.165) is 5.75 Å². The molecule has 2 aromatic rings. The maximum atomic E-state index is 12.8. The summed E-state index contributed by atoms with van der Waals surface area (Å²) in [6, 6.07) is 14.5. The quantitative estimate of drug-likeness (QED) is 0.720. The van der Waals surface area contributed by atoms with E-state index in [0.29, 0.717) is 35.4 Å². The van der Waals surface area contributed by atoms with Crippen molar-refractivity contribution in [2.45, 2.75) is 25.5 Å². The topological polar surface area (TPSA) is 80.2 Å². The molecule has 1 saturated heterocycles. The maximum absolute atomic E-state index is 12.8. The van der Waals surface area contributed by atoms with Gasteiger partial charge in [-0.25, -0.2) is 4.99 Å². The van der Waals surface area contributed by atoms with Crippen molar-refractivity contribution in [1.82, 2.24) is 4.90 Å². The number of hydrogen-bond acceptors (Lipinski definition) is 6. The van der Waals surface area contributed by atoms with Crippen molar-refractivity contribution in [3.05, 3.63) is 48.5 Å². The highest BCUT2D eigenvalue weighted by molar-refractivity contribution is 8.15. The first-order valence-electron chi connectivity index (χ1n) is 9.78. The Morgan fingerprint density at radius 3 is 2.60 bits per heavy atom. The molecule has 0 saturated carbocycles. The van der Waals surface area contributed by atoms with Gasteiger partial charge in [0.05, 0.1) is 13.7 Å². The predicted molar refractivity (Wildman–Crippen MR) is 120 cm³/mol. The molecule has 0 unspecified atom stereocenters. The summed E-state index contributed by atoms with van der Waals surface area (Å²) in [5.41, 5.74) is 1.26. The number of nitrogens with one attached hydrogen (secondary N) is 1. The van der Waals surface area contributed by atoms with Gasteiger partial charge in [0.2, 0.25) is 11.8 Å². The highest BCUT2D eigenvalue weighted by Gasteiger charge is 2.35. The van der Waals surface area contributed by atoms with Crippen molar-refractivity contribution in [1.29, 1.82) is 0 Å². The number of anilines is 1. The minimum Gasteiger partial charge on any atom is -0.494 e. The average molecular weight is 428 g/mol. The molecule has 1 heterocycles. The first-order chi connectivity index (χ1) is 14.5. The number of thioether (sulfide) groups is 1. The second-order valence-electron chi connectivity index (χ2n) is 6.46. The number of carbonyl (C=O) groups is 2. The van der Waals surface area contributed by atoms with E-state index in [9.17, 15) is 9.59 Å². The molecule has 8 heteroatoms. The fraction of sp³-hybridized carbons (Fsp3) is 0.318.